The van der Waals surface area contributed by atoms with Gasteiger partial charge in [0.25, 0.3) is 5.91 Å². The summed E-state index contributed by atoms with van der Waals surface area (Å²) >= 11 is 0.849. The van der Waals surface area contributed by atoms with Gasteiger partial charge in [-0.3, -0.25) is 14.4 Å². The summed E-state index contributed by atoms with van der Waals surface area (Å²) in [5.74, 6) is -5.86. The van der Waals surface area contributed by atoms with Crippen molar-refractivity contribution in [2.75, 3.05) is 31.9 Å². The van der Waals surface area contributed by atoms with Crippen molar-refractivity contribution in [3.05, 3.63) is 11.1 Å². The van der Waals surface area contributed by atoms with Gasteiger partial charge < -0.3 is 20.9 Å². The standard InChI is InChI=1S/C16H19F2N5O3S/c1-7-5-22(14(26)16(17,18)9-6-27-15(19)21-9)2-3-23(7)13(25)11-8-4-20-12(24)10(8)11/h6-8,10-11H,2-5H2,1H3,(H2,19,21)(H,20,24)/t7?,8-,10+,11+/m0/s1. The largest absolute Gasteiger partial charge is 0.375 e. The Morgan fingerprint density at radius 2 is 2.15 bits per heavy atom. The maximum absolute atomic E-state index is 14.4. The molecule has 146 valence electrons. The number of hydrogen-bond donors (Lipinski definition) is 2. The van der Waals surface area contributed by atoms with Crippen LogP contribution < -0.4 is 11.1 Å². The molecule has 1 aromatic heterocycles. The minimum atomic E-state index is -3.76. The monoisotopic (exact) mass is 399 g/mol. The van der Waals surface area contributed by atoms with Gasteiger partial charge in [-0.05, 0) is 6.92 Å². The van der Waals surface area contributed by atoms with Gasteiger partial charge in [-0.15, -0.1) is 11.3 Å². The van der Waals surface area contributed by atoms with Crippen molar-refractivity contribution >= 4 is 34.2 Å². The van der Waals surface area contributed by atoms with E-state index in [0.29, 0.717) is 6.54 Å². The number of nitrogen functional groups attached to an aromatic ring is 1. The maximum Gasteiger partial charge on any atom is 0.367 e. The molecule has 1 aromatic rings. The molecule has 3 heterocycles. The fourth-order valence-electron chi connectivity index (χ4n) is 4.06. The number of nitrogens with one attached hydrogen (secondary N) is 1. The molecule has 3 amide bonds. The number of nitrogens with zero attached hydrogens (tertiary/aromatic N) is 3. The molecule has 3 N–H and O–H groups in total. The summed E-state index contributed by atoms with van der Waals surface area (Å²) in [5, 5.41) is 3.76. The van der Waals surface area contributed by atoms with Crippen LogP contribution in [0.15, 0.2) is 5.38 Å². The lowest BCUT2D eigenvalue weighted by atomic mass is 10.1. The number of amides is 3. The lowest BCUT2D eigenvalue weighted by molar-refractivity contribution is -0.164. The second-order valence-corrected chi connectivity index (χ2v) is 8.13. The predicted octanol–water partition coefficient (Wildman–Crippen LogP) is -0.132. The zero-order valence-electron chi connectivity index (χ0n) is 14.5. The van der Waals surface area contributed by atoms with E-state index in [-0.39, 0.29) is 54.3 Å². The van der Waals surface area contributed by atoms with Crippen molar-refractivity contribution in [1.29, 1.82) is 0 Å². The number of piperidine rings is 1. The molecule has 2 saturated heterocycles. The third-order valence-electron chi connectivity index (χ3n) is 5.58. The summed E-state index contributed by atoms with van der Waals surface area (Å²) in [6.45, 7) is 2.41. The highest BCUT2D eigenvalue weighted by molar-refractivity contribution is 7.13. The van der Waals surface area contributed by atoms with Gasteiger partial charge in [0.05, 0.1) is 11.8 Å². The van der Waals surface area contributed by atoms with E-state index in [2.05, 4.69) is 10.3 Å². The topological polar surface area (TPSA) is 109 Å². The maximum atomic E-state index is 14.4. The molecule has 0 bridgehead atoms. The predicted molar refractivity (Wildman–Crippen MR) is 91.7 cm³/mol. The third-order valence-corrected chi connectivity index (χ3v) is 6.25. The highest BCUT2D eigenvalue weighted by Crippen LogP contribution is 2.50. The van der Waals surface area contributed by atoms with Crippen LogP contribution in [0.5, 0.6) is 0 Å². The van der Waals surface area contributed by atoms with E-state index in [0.717, 1.165) is 21.6 Å². The van der Waals surface area contributed by atoms with Gasteiger partial charge in [0, 0.05) is 43.5 Å². The number of anilines is 1. The number of aromatic nitrogens is 1. The summed E-state index contributed by atoms with van der Waals surface area (Å²) in [4.78, 5) is 42.9. The molecule has 2 aliphatic heterocycles. The van der Waals surface area contributed by atoms with Gasteiger partial charge in [-0.25, -0.2) is 4.98 Å². The summed E-state index contributed by atoms with van der Waals surface area (Å²) in [6, 6.07) is -0.407. The van der Waals surface area contributed by atoms with Gasteiger partial charge in [-0.1, -0.05) is 0 Å². The van der Waals surface area contributed by atoms with Gasteiger partial charge >= 0.3 is 5.92 Å². The number of halogens is 2. The highest BCUT2D eigenvalue weighted by Gasteiger charge is 2.63. The van der Waals surface area contributed by atoms with Gasteiger partial charge in [-0.2, -0.15) is 8.78 Å². The average molecular weight is 399 g/mol. The van der Waals surface area contributed by atoms with Crippen LogP contribution in [-0.2, 0) is 20.3 Å². The SMILES string of the molecule is CC1CN(C(=O)C(F)(F)c2csc(N)n2)CCN1C(=O)[C@@H]1[C@H]2CNC(=O)[C@H]21. The Kier molecular flexibility index (Phi) is 4.09. The Hall–Kier alpha value is -2.30. The summed E-state index contributed by atoms with van der Waals surface area (Å²) in [6.07, 6.45) is 0. The third kappa shape index (κ3) is 2.84. The zero-order chi connectivity index (χ0) is 19.5. The molecule has 1 unspecified atom stereocenters. The summed E-state index contributed by atoms with van der Waals surface area (Å²) in [7, 11) is 0. The van der Waals surface area contributed by atoms with Crippen molar-refractivity contribution in [3.63, 3.8) is 0 Å². The molecule has 3 aliphatic rings. The number of carbonyl (C=O) groups excluding carboxylic acids is 3. The Labute approximate surface area is 157 Å². The number of carbonyl (C=O) groups is 3. The fourth-order valence-corrected chi connectivity index (χ4v) is 4.64. The zero-order valence-corrected chi connectivity index (χ0v) is 15.3. The second kappa shape index (κ2) is 6.11. The Morgan fingerprint density at radius 1 is 1.41 bits per heavy atom. The van der Waals surface area contributed by atoms with Gasteiger partial charge in [0.15, 0.2) is 5.13 Å². The van der Waals surface area contributed by atoms with Crippen LogP contribution in [0.2, 0.25) is 0 Å². The molecule has 8 nitrogen and oxygen atoms in total. The first-order chi connectivity index (χ1) is 12.7. The lowest BCUT2D eigenvalue weighted by Crippen LogP contribution is -2.58. The first-order valence-corrected chi connectivity index (χ1v) is 9.56. The first-order valence-electron chi connectivity index (χ1n) is 8.68. The summed E-state index contributed by atoms with van der Waals surface area (Å²) < 4.78 is 28.9. The number of piperazine rings is 1. The molecule has 0 aromatic carbocycles. The Morgan fingerprint density at radius 3 is 2.70 bits per heavy atom. The van der Waals surface area contributed by atoms with E-state index in [1.807, 2.05) is 0 Å². The molecule has 27 heavy (non-hydrogen) atoms. The number of alkyl halides is 2. The van der Waals surface area contributed by atoms with Crippen molar-refractivity contribution < 1.29 is 23.2 Å². The Balaban J connectivity index is 1.40. The lowest BCUT2D eigenvalue weighted by Gasteiger charge is -2.41. The van der Waals surface area contributed by atoms with Gasteiger partial charge in [0.2, 0.25) is 11.8 Å². The Bertz CT molecular complexity index is 816. The van der Waals surface area contributed by atoms with Crippen LogP contribution in [0.25, 0.3) is 0 Å². The van der Waals surface area contributed by atoms with Crippen molar-refractivity contribution in [3.8, 4) is 0 Å². The van der Waals surface area contributed by atoms with Crippen LogP contribution in [0, 0.1) is 17.8 Å². The van der Waals surface area contributed by atoms with E-state index in [1.54, 1.807) is 11.8 Å². The minimum absolute atomic E-state index is 0.00797. The van der Waals surface area contributed by atoms with Crippen molar-refractivity contribution in [2.45, 2.75) is 18.9 Å². The smallest absolute Gasteiger partial charge is 0.367 e. The molecule has 4 rings (SSSR count). The normalized spacial score (nSPS) is 30.1. The molecular weight excluding hydrogens is 380 g/mol. The van der Waals surface area contributed by atoms with Crippen LogP contribution in [0.1, 0.15) is 12.6 Å². The molecule has 1 aliphatic carbocycles. The second-order valence-electron chi connectivity index (χ2n) is 7.24. The minimum Gasteiger partial charge on any atom is -0.375 e. The van der Waals surface area contributed by atoms with Crippen LogP contribution >= 0.6 is 11.3 Å². The molecule has 11 heteroatoms. The van der Waals surface area contributed by atoms with Gasteiger partial charge in [0.1, 0.15) is 5.69 Å². The number of nitrogens with two attached hydrogens (primary N) is 1. The fraction of sp³-hybridized carbons (Fsp3) is 0.625. The number of rotatable bonds is 3. The quantitative estimate of drug-likeness (QED) is 0.736. The molecule has 0 radical (unpaired) electrons. The highest BCUT2D eigenvalue weighted by atomic mass is 32.1. The van der Waals surface area contributed by atoms with E-state index < -0.39 is 23.6 Å². The van der Waals surface area contributed by atoms with E-state index in [9.17, 15) is 23.2 Å². The van der Waals surface area contributed by atoms with Crippen LogP contribution in [-0.4, -0.2) is 64.7 Å². The average Bonchev–Trinajstić information content (AvgIpc) is 2.97. The number of hydrogen-bond acceptors (Lipinski definition) is 6. The summed E-state index contributed by atoms with van der Waals surface area (Å²) in [5.41, 5.74) is 4.73. The molecular formula is C16H19F2N5O3S. The van der Waals surface area contributed by atoms with Crippen molar-refractivity contribution in [1.82, 2.24) is 20.1 Å². The van der Waals surface area contributed by atoms with E-state index >= 15 is 0 Å². The van der Waals surface area contributed by atoms with Crippen LogP contribution in [0.4, 0.5) is 13.9 Å². The van der Waals surface area contributed by atoms with E-state index in [1.165, 1.54) is 0 Å². The molecule has 4 atom stereocenters. The van der Waals surface area contributed by atoms with Crippen molar-refractivity contribution in [2.24, 2.45) is 17.8 Å². The number of fused-ring (bicyclic) bond motifs is 1. The molecule has 3 fully saturated rings. The van der Waals surface area contributed by atoms with E-state index in [4.69, 9.17) is 5.73 Å². The molecule has 0 spiro atoms. The van der Waals surface area contributed by atoms with Crippen LogP contribution in [0.3, 0.4) is 0 Å². The molecule has 1 saturated carbocycles. The number of thiazole rings is 1. The first kappa shape index (κ1) is 18.1.